The molecule has 3 rings (SSSR count). The standard InChI is InChI=1S/C23H21NO4/c1-27-21-14-12-20(13-15-21)23(17-25,19-10-6-3-7-11-19)24-22(26)28-16-18-8-4-2-5-9-18/h2-15,17H,16H2,1H3,(H,24,26)/t23-/m0/s1. The zero-order valence-electron chi connectivity index (χ0n) is 15.5. The first-order chi connectivity index (χ1) is 13.7. The lowest BCUT2D eigenvalue weighted by molar-refractivity contribution is -0.112. The zero-order chi connectivity index (χ0) is 19.8. The van der Waals surface area contributed by atoms with Crippen LogP contribution in [0.4, 0.5) is 4.79 Å². The maximum Gasteiger partial charge on any atom is 0.408 e. The first-order valence-electron chi connectivity index (χ1n) is 8.83. The second-order valence-corrected chi connectivity index (χ2v) is 6.21. The molecule has 5 heteroatoms. The van der Waals surface area contributed by atoms with Gasteiger partial charge in [0.2, 0.25) is 0 Å². The minimum atomic E-state index is -1.37. The lowest BCUT2D eigenvalue weighted by atomic mass is 9.84. The van der Waals surface area contributed by atoms with Gasteiger partial charge in [-0.1, -0.05) is 72.8 Å². The van der Waals surface area contributed by atoms with E-state index in [0.717, 1.165) is 5.56 Å². The maximum absolute atomic E-state index is 12.5. The van der Waals surface area contributed by atoms with Crippen LogP contribution in [0.3, 0.4) is 0 Å². The minimum absolute atomic E-state index is 0.110. The largest absolute Gasteiger partial charge is 0.497 e. The van der Waals surface area contributed by atoms with E-state index in [4.69, 9.17) is 9.47 Å². The van der Waals surface area contributed by atoms with Crippen molar-refractivity contribution in [3.63, 3.8) is 0 Å². The SMILES string of the molecule is COc1ccc([C@@](C=O)(NC(=O)OCc2ccccc2)c2ccccc2)cc1. The zero-order valence-corrected chi connectivity index (χ0v) is 15.5. The van der Waals surface area contributed by atoms with Gasteiger partial charge in [0.15, 0.2) is 6.29 Å². The van der Waals surface area contributed by atoms with Crippen LogP contribution < -0.4 is 10.1 Å². The molecule has 3 aromatic carbocycles. The fourth-order valence-corrected chi connectivity index (χ4v) is 2.95. The molecule has 1 atom stereocenters. The van der Waals surface area contributed by atoms with E-state index in [9.17, 15) is 9.59 Å². The van der Waals surface area contributed by atoms with Crippen LogP contribution in [-0.4, -0.2) is 19.5 Å². The van der Waals surface area contributed by atoms with Gasteiger partial charge in [-0.05, 0) is 28.8 Å². The van der Waals surface area contributed by atoms with Crippen LogP contribution in [0, 0.1) is 0 Å². The summed E-state index contributed by atoms with van der Waals surface area (Å²) in [6.07, 6.45) is 0.0316. The predicted molar refractivity (Wildman–Crippen MR) is 106 cm³/mol. The molecule has 0 saturated carbocycles. The fraction of sp³-hybridized carbons (Fsp3) is 0.130. The van der Waals surface area contributed by atoms with E-state index in [-0.39, 0.29) is 6.61 Å². The Morgan fingerprint density at radius 3 is 2.04 bits per heavy atom. The number of amides is 1. The average Bonchev–Trinajstić information content (AvgIpc) is 2.77. The number of alkyl carbamates (subject to hydrolysis) is 1. The normalized spacial score (nSPS) is 12.5. The van der Waals surface area contributed by atoms with Gasteiger partial charge in [-0.15, -0.1) is 0 Å². The first-order valence-corrected chi connectivity index (χ1v) is 8.83. The van der Waals surface area contributed by atoms with E-state index in [2.05, 4.69) is 5.32 Å². The molecule has 0 aliphatic heterocycles. The summed E-state index contributed by atoms with van der Waals surface area (Å²) in [6.45, 7) is 0.110. The summed E-state index contributed by atoms with van der Waals surface area (Å²) in [5.74, 6) is 0.656. The number of carbonyl (C=O) groups excluding carboxylic acids is 2. The van der Waals surface area contributed by atoms with Crippen LogP contribution in [0.15, 0.2) is 84.9 Å². The van der Waals surface area contributed by atoms with E-state index in [0.29, 0.717) is 23.2 Å². The Hall–Kier alpha value is -3.60. The van der Waals surface area contributed by atoms with Crippen LogP contribution in [0.1, 0.15) is 16.7 Å². The number of ether oxygens (including phenoxy) is 2. The number of hydrogen-bond donors (Lipinski definition) is 1. The van der Waals surface area contributed by atoms with E-state index >= 15 is 0 Å². The Morgan fingerprint density at radius 2 is 1.46 bits per heavy atom. The van der Waals surface area contributed by atoms with Crippen molar-refractivity contribution in [2.45, 2.75) is 12.1 Å². The van der Waals surface area contributed by atoms with Crippen LogP contribution in [0.5, 0.6) is 5.75 Å². The molecule has 0 aromatic heterocycles. The molecule has 142 valence electrons. The molecule has 0 aliphatic carbocycles. The van der Waals surface area contributed by atoms with Crippen LogP contribution in [0.2, 0.25) is 0 Å². The van der Waals surface area contributed by atoms with Crippen molar-refractivity contribution in [2.24, 2.45) is 0 Å². The molecule has 0 spiro atoms. The number of hydrogen-bond acceptors (Lipinski definition) is 4. The van der Waals surface area contributed by atoms with Crippen molar-refractivity contribution in [1.82, 2.24) is 5.32 Å². The molecule has 3 aromatic rings. The van der Waals surface area contributed by atoms with E-state index in [1.54, 1.807) is 43.5 Å². The van der Waals surface area contributed by atoms with Crippen LogP contribution in [-0.2, 0) is 21.7 Å². The molecule has 0 heterocycles. The van der Waals surface area contributed by atoms with E-state index < -0.39 is 11.6 Å². The summed E-state index contributed by atoms with van der Waals surface area (Å²) in [4.78, 5) is 24.8. The van der Waals surface area contributed by atoms with Crippen LogP contribution in [0.25, 0.3) is 0 Å². The van der Waals surface area contributed by atoms with E-state index in [1.807, 2.05) is 48.5 Å². The summed E-state index contributed by atoms with van der Waals surface area (Å²) in [5.41, 5.74) is 0.720. The second kappa shape index (κ2) is 8.86. The third-order valence-electron chi connectivity index (χ3n) is 4.46. The van der Waals surface area contributed by atoms with Crippen molar-refractivity contribution in [1.29, 1.82) is 0 Å². The van der Waals surface area contributed by atoms with Crippen LogP contribution >= 0.6 is 0 Å². The Kier molecular flexibility index (Phi) is 6.07. The Balaban J connectivity index is 1.89. The maximum atomic E-state index is 12.5. The number of methoxy groups -OCH3 is 1. The summed E-state index contributed by atoms with van der Waals surface area (Å²) >= 11 is 0. The molecule has 1 N–H and O–H groups in total. The third kappa shape index (κ3) is 4.20. The molecule has 0 unspecified atom stereocenters. The van der Waals surface area contributed by atoms with Gasteiger partial charge in [-0.3, -0.25) is 4.79 Å². The monoisotopic (exact) mass is 375 g/mol. The molecule has 0 radical (unpaired) electrons. The molecule has 0 aliphatic rings. The average molecular weight is 375 g/mol. The molecular weight excluding hydrogens is 354 g/mol. The van der Waals surface area contributed by atoms with E-state index in [1.165, 1.54) is 0 Å². The fourth-order valence-electron chi connectivity index (χ4n) is 2.95. The molecule has 1 amide bonds. The van der Waals surface area contributed by atoms with Crippen molar-refractivity contribution >= 4 is 12.4 Å². The van der Waals surface area contributed by atoms with Crippen molar-refractivity contribution < 1.29 is 19.1 Å². The summed E-state index contributed by atoms with van der Waals surface area (Å²) in [7, 11) is 1.57. The molecule has 0 fully saturated rings. The third-order valence-corrected chi connectivity index (χ3v) is 4.46. The van der Waals surface area contributed by atoms with Gasteiger partial charge in [-0.25, -0.2) is 4.79 Å². The first kappa shape index (κ1) is 19.2. The van der Waals surface area contributed by atoms with Crippen molar-refractivity contribution in [3.8, 4) is 5.75 Å². The van der Waals surface area contributed by atoms with Crippen molar-refractivity contribution in [2.75, 3.05) is 7.11 Å². The number of benzene rings is 3. The predicted octanol–water partition coefficient (Wildman–Crippen LogP) is 4.06. The Morgan fingerprint density at radius 1 is 0.893 bits per heavy atom. The molecular formula is C23H21NO4. The summed E-state index contributed by atoms with van der Waals surface area (Å²) < 4.78 is 10.5. The highest BCUT2D eigenvalue weighted by atomic mass is 16.5. The molecule has 0 bridgehead atoms. The van der Waals surface area contributed by atoms with Gasteiger partial charge in [0, 0.05) is 0 Å². The Bertz CT molecular complexity index is 910. The van der Waals surface area contributed by atoms with Gasteiger partial charge >= 0.3 is 6.09 Å². The molecule has 28 heavy (non-hydrogen) atoms. The molecule has 5 nitrogen and oxygen atoms in total. The number of rotatable bonds is 7. The topological polar surface area (TPSA) is 64.6 Å². The van der Waals surface area contributed by atoms with Crippen molar-refractivity contribution in [3.05, 3.63) is 102 Å². The second-order valence-electron chi connectivity index (χ2n) is 6.21. The van der Waals surface area contributed by atoms with Gasteiger partial charge in [0.25, 0.3) is 0 Å². The summed E-state index contributed by atoms with van der Waals surface area (Å²) in [5, 5.41) is 2.75. The van der Waals surface area contributed by atoms with Gasteiger partial charge in [-0.2, -0.15) is 0 Å². The quantitative estimate of drug-likeness (QED) is 0.633. The molecule has 0 saturated heterocycles. The van der Waals surface area contributed by atoms with Gasteiger partial charge in [0.05, 0.1) is 7.11 Å². The highest BCUT2D eigenvalue weighted by Gasteiger charge is 2.36. The Labute approximate surface area is 163 Å². The lowest BCUT2D eigenvalue weighted by Gasteiger charge is -2.30. The highest BCUT2D eigenvalue weighted by molar-refractivity contribution is 5.82. The number of aldehydes is 1. The summed E-state index contributed by atoms with van der Waals surface area (Å²) in [6, 6.07) is 25.4. The lowest BCUT2D eigenvalue weighted by Crippen LogP contribution is -2.48. The highest BCUT2D eigenvalue weighted by Crippen LogP contribution is 2.29. The smallest absolute Gasteiger partial charge is 0.408 e. The van der Waals surface area contributed by atoms with Gasteiger partial charge < -0.3 is 14.8 Å². The number of carbonyl (C=O) groups is 2. The minimum Gasteiger partial charge on any atom is -0.497 e. The number of nitrogens with one attached hydrogen (secondary N) is 1. The van der Waals surface area contributed by atoms with Gasteiger partial charge in [0.1, 0.15) is 17.9 Å².